The molecule has 0 unspecified atom stereocenters. The predicted octanol–water partition coefficient (Wildman–Crippen LogP) is 7.48. The third-order valence-corrected chi connectivity index (χ3v) is 8.88. The Morgan fingerprint density at radius 3 is 2.50 bits per heavy atom. The predicted molar refractivity (Wildman–Crippen MR) is 171 cm³/mol. The molecule has 0 fully saturated rings. The third-order valence-electron chi connectivity index (χ3n) is 8.88. The van der Waals surface area contributed by atoms with Crippen molar-refractivity contribution < 1.29 is 0 Å². The van der Waals surface area contributed by atoms with Gasteiger partial charge in [-0.3, -0.25) is 4.57 Å². The number of anilines is 1. The molecule has 0 atom stereocenters. The molecule has 1 aliphatic carbocycles. The second kappa shape index (κ2) is 8.57. The van der Waals surface area contributed by atoms with E-state index in [0.29, 0.717) is 0 Å². The van der Waals surface area contributed by atoms with Gasteiger partial charge in [0.05, 0.1) is 23.2 Å². The first kappa shape index (κ1) is 23.4. The van der Waals surface area contributed by atoms with Crippen molar-refractivity contribution in [3.05, 3.63) is 121 Å². The highest BCUT2D eigenvalue weighted by Gasteiger charge is 2.22. The maximum absolute atomic E-state index is 5.19. The van der Waals surface area contributed by atoms with Crippen molar-refractivity contribution in [3.63, 3.8) is 0 Å². The number of benzene rings is 4. The average Bonchev–Trinajstić information content (AvgIpc) is 3.78. The molecule has 9 rings (SSSR count). The Bertz CT molecular complexity index is 2250. The fourth-order valence-electron chi connectivity index (χ4n) is 6.83. The van der Waals surface area contributed by atoms with E-state index >= 15 is 0 Å². The Labute approximate surface area is 243 Å². The first-order chi connectivity index (χ1) is 20.6. The molecule has 6 heteroatoms. The van der Waals surface area contributed by atoms with Crippen molar-refractivity contribution >= 4 is 38.7 Å². The van der Waals surface area contributed by atoms with Gasteiger partial charge in [-0.25, -0.2) is 9.97 Å². The zero-order valence-corrected chi connectivity index (χ0v) is 23.5. The van der Waals surface area contributed by atoms with Gasteiger partial charge in [0, 0.05) is 60.4 Å². The Morgan fingerprint density at radius 1 is 0.690 bits per heavy atom. The van der Waals surface area contributed by atoms with Crippen LogP contribution in [-0.4, -0.2) is 37.7 Å². The van der Waals surface area contributed by atoms with E-state index in [9.17, 15) is 0 Å². The molecule has 7 aromatic rings. The lowest BCUT2D eigenvalue weighted by atomic mass is 10.1. The molecule has 0 saturated heterocycles. The SMILES string of the molecule is CN1C=CN(c2cccc(-n3c4cc(-c5nc6cc7c(cc6n5C)Cc5ccccc5-7)ccc4c4cccnc43)c2)C1. The maximum atomic E-state index is 5.19. The number of pyridine rings is 1. The van der Waals surface area contributed by atoms with E-state index in [1.54, 1.807) is 0 Å². The summed E-state index contributed by atoms with van der Waals surface area (Å²) in [6.45, 7) is 0.834. The maximum Gasteiger partial charge on any atom is 0.145 e. The molecule has 0 saturated carbocycles. The second-order valence-corrected chi connectivity index (χ2v) is 11.5. The molecule has 0 radical (unpaired) electrons. The van der Waals surface area contributed by atoms with Crippen LogP contribution in [0, 0.1) is 0 Å². The van der Waals surface area contributed by atoms with Gasteiger partial charge < -0.3 is 14.4 Å². The molecule has 0 bridgehead atoms. The van der Waals surface area contributed by atoms with Crippen molar-refractivity contribution in [2.75, 3.05) is 18.6 Å². The van der Waals surface area contributed by atoms with Gasteiger partial charge in [-0.2, -0.15) is 0 Å². The van der Waals surface area contributed by atoms with Crippen LogP contribution in [0.2, 0.25) is 0 Å². The van der Waals surface area contributed by atoms with Gasteiger partial charge in [0.1, 0.15) is 11.5 Å². The lowest BCUT2D eigenvalue weighted by Gasteiger charge is -2.19. The monoisotopic (exact) mass is 544 g/mol. The van der Waals surface area contributed by atoms with Crippen molar-refractivity contribution in [2.45, 2.75) is 6.42 Å². The van der Waals surface area contributed by atoms with Crippen LogP contribution in [0.5, 0.6) is 0 Å². The molecule has 4 heterocycles. The highest BCUT2D eigenvalue weighted by Crippen LogP contribution is 2.40. The Balaban J connectivity index is 1.22. The molecule has 4 aromatic carbocycles. The molecule has 0 N–H and O–H groups in total. The van der Waals surface area contributed by atoms with Crippen molar-refractivity contribution in [1.82, 2.24) is 24.0 Å². The van der Waals surface area contributed by atoms with E-state index in [0.717, 1.165) is 63.4 Å². The first-order valence-corrected chi connectivity index (χ1v) is 14.4. The summed E-state index contributed by atoms with van der Waals surface area (Å²) < 4.78 is 4.52. The second-order valence-electron chi connectivity index (χ2n) is 11.5. The molecule has 2 aliphatic rings. The lowest BCUT2D eigenvalue weighted by molar-refractivity contribution is 0.496. The molecule has 0 spiro atoms. The summed E-state index contributed by atoms with van der Waals surface area (Å²) in [6.07, 6.45) is 7.08. The van der Waals surface area contributed by atoms with E-state index in [1.165, 1.54) is 27.6 Å². The summed E-state index contributed by atoms with van der Waals surface area (Å²) >= 11 is 0. The summed E-state index contributed by atoms with van der Waals surface area (Å²) in [5, 5.41) is 2.33. The minimum Gasteiger partial charge on any atom is -0.361 e. The zero-order chi connectivity index (χ0) is 27.9. The van der Waals surface area contributed by atoms with Crippen LogP contribution in [0.4, 0.5) is 5.69 Å². The normalized spacial score (nSPS) is 14.0. The highest BCUT2D eigenvalue weighted by atomic mass is 15.3. The molecule has 6 nitrogen and oxygen atoms in total. The summed E-state index contributed by atoms with van der Waals surface area (Å²) in [7, 11) is 4.22. The van der Waals surface area contributed by atoms with Crippen LogP contribution in [0.25, 0.3) is 61.2 Å². The Morgan fingerprint density at radius 2 is 1.60 bits per heavy atom. The van der Waals surface area contributed by atoms with Gasteiger partial charge in [0.2, 0.25) is 0 Å². The van der Waals surface area contributed by atoms with Crippen LogP contribution in [0.3, 0.4) is 0 Å². The summed E-state index contributed by atoms with van der Waals surface area (Å²) in [5.74, 6) is 0.965. The van der Waals surface area contributed by atoms with Gasteiger partial charge in [0.25, 0.3) is 0 Å². The largest absolute Gasteiger partial charge is 0.361 e. The molecule has 0 amide bonds. The molecule has 1 aliphatic heterocycles. The number of aryl methyl sites for hydroxylation is 1. The van der Waals surface area contributed by atoms with Crippen molar-refractivity contribution in [1.29, 1.82) is 0 Å². The van der Waals surface area contributed by atoms with Gasteiger partial charge in [0.15, 0.2) is 0 Å². The van der Waals surface area contributed by atoms with Gasteiger partial charge in [-0.15, -0.1) is 0 Å². The Hall–Kier alpha value is -5.36. The van der Waals surface area contributed by atoms with E-state index in [-0.39, 0.29) is 0 Å². The molecular formula is C36H28N6. The number of hydrogen-bond donors (Lipinski definition) is 0. The molecule has 42 heavy (non-hydrogen) atoms. The summed E-state index contributed by atoms with van der Waals surface area (Å²) in [6, 6.07) is 32.9. The summed E-state index contributed by atoms with van der Waals surface area (Å²) in [4.78, 5) is 14.5. The van der Waals surface area contributed by atoms with Crippen molar-refractivity contribution in [3.8, 4) is 28.2 Å². The van der Waals surface area contributed by atoms with Gasteiger partial charge in [-0.05, 0) is 77.2 Å². The van der Waals surface area contributed by atoms with Gasteiger partial charge in [-0.1, -0.05) is 42.5 Å². The van der Waals surface area contributed by atoms with E-state index in [4.69, 9.17) is 9.97 Å². The smallest absolute Gasteiger partial charge is 0.145 e. The minimum absolute atomic E-state index is 0.834. The number of aromatic nitrogens is 4. The minimum atomic E-state index is 0.834. The van der Waals surface area contributed by atoms with E-state index in [2.05, 4.69) is 130 Å². The fourth-order valence-corrected chi connectivity index (χ4v) is 6.83. The number of imidazole rings is 1. The topological polar surface area (TPSA) is 42.1 Å². The first-order valence-electron chi connectivity index (χ1n) is 14.4. The molecule has 3 aromatic heterocycles. The van der Waals surface area contributed by atoms with E-state index < -0.39 is 0 Å². The van der Waals surface area contributed by atoms with Crippen LogP contribution in [0.15, 0.2) is 110 Å². The number of hydrogen-bond acceptors (Lipinski definition) is 4. The van der Waals surface area contributed by atoms with Crippen LogP contribution in [0.1, 0.15) is 11.1 Å². The molecular weight excluding hydrogens is 516 g/mol. The number of rotatable bonds is 3. The van der Waals surface area contributed by atoms with Crippen LogP contribution in [-0.2, 0) is 13.5 Å². The molecule has 202 valence electrons. The number of fused-ring (bicyclic) bond motifs is 7. The van der Waals surface area contributed by atoms with Crippen LogP contribution >= 0.6 is 0 Å². The van der Waals surface area contributed by atoms with Gasteiger partial charge >= 0.3 is 0 Å². The standard InChI is InChI=1S/C36H28N6/c1-39-15-16-41(22-39)26-8-5-9-27(20-26)42-33-18-24(12-13-29(33)30-11-6-14-37-36(30)42)35-38-32-21-31-25(19-34(32)40(35)2)17-23-7-3-4-10-28(23)31/h3-16,18-21H,17,22H2,1-2H3. The quantitative estimate of drug-likeness (QED) is 0.231. The lowest BCUT2D eigenvalue weighted by Crippen LogP contribution is -2.21. The Kier molecular flexibility index (Phi) is 4.77. The summed E-state index contributed by atoms with van der Waals surface area (Å²) in [5.41, 5.74) is 13.0. The van der Waals surface area contributed by atoms with Crippen molar-refractivity contribution in [2.24, 2.45) is 7.05 Å². The fraction of sp³-hybridized carbons (Fsp3) is 0.111. The third kappa shape index (κ3) is 3.32. The highest BCUT2D eigenvalue weighted by molar-refractivity contribution is 6.09. The number of nitrogens with zero attached hydrogens (tertiary/aromatic N) is 6. The van der Waals surface area contributed by atoms with E-state index in [1.807, 2.05) is 12.3 Å². The average molecular weight is 545 g/mol. The van der Waals surface area contributed by atoms with Crippen LogP contribution < -0.4 is 4.90 Å². The zero-order valence-electron chi connectivity index (χ0n) is 23.5.